The maximum Gasteiger partial charge on any atom is 0.244 e. The molecule has 4 rings (SSSR count). The summed E-state index contributed by atoms with van der Waals surface area (Å²) in [5.74, 6) is -0.914. The lowest BCUT2D eigenvalue weighted by atomic mass is 9.94. The molecular weight excluding hydrogens is 652 g/mol. The summed E-state index contributed by atoms with van der Waals surface area (Å²) in [5.41, 5.74) is 1.53. The van der Waals surface area contributed by atoms with Gasteiger partial charge < -0.3 is 10.2 Å². The molecule has 0 bridgehead atoms. The van der Waals surface area contributed by atoms with E-state index < -0.39 is 28.5 Å². The van der Waals surface area contributed by atoms with Gasteiger partial charge in [-0.05, 0) is 48.2 Å². The fourth-order valence-electron chi connectivity index (χ4n) is 5.21. The number of benzene rings is 3. The number of carbonyl (C=O) groups is 2. The largest absolute Gasteiger partial charge is 0.352 e. The molecule has 7 nitrogen and oxygen atoms in total. The van der Waals surface area contributed by atoms with Crippen molar-refractivity contribution < 1.29 is 18.0 Å². The zero-order chi connectivity index (χ0) is 31.1. The first-order valence-electron chi connectivity index (χ1n) is 13.9. The van der Waals surface area contributed by atoms with Gasteiger partial charge in [-0.25, -0.2) is 8.42 Å². The van der Waals surface area contributed by atoms with Crippen LogP contribution in [0.25, 0.3) is 0 Å². The van der Waals surface area contributed by atoms with Gasteiger partial charge in [-0.3, -0.25) is 13.9 Å². The zero-order valence-electron chi connectivity index (χ0n) is 23.6. The molecular formula is C31H33Cl4N3O4S. The van der Waals surface area contributed by atoms with Gasteiger partial charge in [0.05, 0.1) is 32.0 Å². The van der Waals surface area contributed by atoms with Crippen molar-refractivity contribution in [1.82, 2.24) is 10.2 Å². The van der Waals surface area contributed by atoms with Crippen LogP contribution in [0.4, 0.5) is 5.69 Å². The fraction of sp³-hybridized carbons (Fsp3) is 0.355. The maximum absolute atomic E-state index is 14.3. The minimum absolute atomic E-state index is 0.000706. The first kappa shape index (κ1) is 33.4. The van der Waals surface area contributed by atoms with Gasteiger partial charge >= 0.3 is 0 Å². The van der Waals surface area contributed by atoms with E-state index in [1.54, 1.807) is 24.3 Å². The van der Waals surface area contributed by atoms with E-state index in [0.29, 0.717) is 15.6 Å². The summed E-state index contributed by atoms with van der Waals surface area (Å²) in [7, 11) is -3.99. The second-order valence-electron chi connectivity index (χ2n) is 10.7. The number of rotatable bonds is 11. The van der Waals surface area contributed by atoms with E-state index in [1.807, 2.05) is 30.3 Å². The van der Waals surface area contributed by atoms with Crippen LogP contribution in [0.3, 0.4) is 0 Å². The lowest BCUT2D eigenvalue weighted by Crippen LogP contribution is -2.55. The lowest BCUT2D eigenvalue weighted by molar-refractivity contribution is -0.140. The molecule has 0 radical (unpaired) electrons. The van der Waals surface area contributed by atoms with Crippen LogP contribution in [-0.2, 0) is 32.6 Å². The van der Waals surface area contributed by atoms with Crippen molar-refractivity contribution in [2.75, 3.05) is 17.1 Å². The molecule has 1 N–H and O–H groups in total. The average Bonchev–Trinajstić information content (AvgIpc) is 2.97. The van der Waals surface area contributed by atoms with Crippen LogP contribution in [0.5, 0.6) is 0 Å². The Morgan fingerprint density at radius 1 is 0.860 bits per heavy atom. The Balaban J connectivity index is 1.76. The third-order valence-corrected chi connectivity index (χ3v) is 10.1. The Labute approximate surface area is 273 Å². The fourth-order valence-corrected chi connectivity index (χ4v) is 6.84. The Kier molecular flexibility index (Phi) is 11.6. The Morgan fingerprint density at radius 3 is 2.21 bits per heavy atom. The van der Waals surface area contributed by atoms with E-state index in [9.17, 15) is 18.0 Å². The van der Waals surface area contributed by atoms with E-state index in [4.69, 9.17) is 46.4 Å². The van der Waals surface area contributed by atoms with Crippen molar-refractivity contribution in [3.8, 4) is 0 Å². The van der Waals surface area contributed by atoms with E-state index in [0.717, 1.165) is 48.2 Å². The molecule has 1 saturated carbocycles. The molecule has 43 heavy (non-hydrogen) atoms. The number of hydrogen-bond acceptors (Lipinski definition) is 4. The number of carbonyl (C=O) groups excluding carboxylic acids is 2. The van der Waals surface area contributed by atoms with Crippen LogP contribution < -0.4 is 9.62 Å². The molecule has 2 amide bonds. The highest BCUT2D eigenvalue weighted by Gasteiger charge is 2.34. The molecule has 0 aliphatic heterocycles. The summed E-state index contributed by atoms with van der Waals surface area (Å²) in [6, 6.07) is 17.9. The van der Waals surface area contributed by atoms with Crippen molar-refractivity contribution in [3.63, 3.8) is 0 Å². The molecule has 0 aromatic heterocycles. The number of halogens is 4. The lowest BCUT2D eigenvalue weighted by Gasteiger charge is -2.35. The summed E-state index contributed by atoms with van der Waals surface area (Å²) in [5, 5.41) is 3.94. The van der Waals surface area contributed by atoms with Crippen molar-refractivity contribution >= 4 is 73.9 Å². The number of sulfonamides is 1. The Hall–Kier alpha value is -2.49. The predicted octanol–water partition coefficient (Wildman–Crippen LogP) is 7.16. The SMILES string of the molecule is CS(=O)(=O)N(CC(=O)N(Cc1ccc(Cl)c(Cl)c1)[C@@H](Cc1ccccc1)C(=O)NC1CCCCC1)c1cccc(Cl)c1Cl. The van der Waals surface area contributed by atoms with Gasteiger partial charge in [-0.1, -0.05) is 108 Å². The minimum Gasteiger partial charge on any atom is -0.352 e. The van der Waals surface area contributed by atoms with Crippen molar-refractivity contribution in [3.05, 3.63) is 97.9 Å². The second kappa shape index (κ2) is 15.0. The molecule has 0 saturated heterocycles. The molecule has 12 heteroatoms. The van der Waals surface area contributed by atoms with Crippen molar-refractivity contribution in [2.45, 2.75) is 57.2 Å². The molecule has 0 unspecified atom stereocenters. The molecule has 230 valence electrons. The topological polar surface area (TPSA) is 86.8 Å². The van der Waals surface area contributed by atoms with Crippen LogP contribution >= 0.6 is 46.4 Å². The molecule has 0 heterocycles. The molecule has 3 aromatic rings. The van der Waals surface area contributed by atoms with Gasteiger partial charge in [-0.15, -0.1) is 0 Å². The number of nitrogens with zero attached hydrogens (tertiary/aromatic N) is 2. The maximum atomic E-state index is 14.3. The van der Waals surface area contributed by atoms with Crippen LogP contribution in [-0.4, -0.2) is 50.0 Å². The molecule has 1 fully saturated rings. The monoisotopic (exact) mass is 683 g/mol. The number of nitrogens with one attached hydrogen (secondary N) is 1. The third-order valence-electron chi connectivity index (χ3n) is 7.44. The van der Waals surface area contributed by atoms with Gasteiger partial charge in [0.25, 0.3) is 0 Å². The molecule has 1 atom stereocenters. The standard InChI is InChI=1S/C31H33Cl4N3O4S/c1-43(41,42)38(27-14-8-13-25(33)30(27)35)20-29(39)37(19-22-15-16-24(32)26(34)17-22)28(18-21-9-4-2-5-10-21)31(40)36-23-11-6-3-7-12-23/h2,4-5,8-10,13-17,23,28H,3,6-7,11-12,18-20H2,1H3,(H,36,40)/t28-/m0/s1. The van der Waals surface area contributed by atoms with E-state index in [-0.39, 0.29) is 40.6 Å². The van der Waals surface area contributed by atoms with Crippen LogP contribution in [0.1, 0.15) is 43.2 Å². The highest BCUT2D eigenvalue weighted by Crippen LogP contribution is 2.34. The number of amides is 2. The van der Waals surface area contributed by atoms with Gasteiger partial charge in [0.15, 0.2) is 0 Å². The quantitative estimate of drug-likeness (QED) is 0.232. The minimum atomic E-state index is -3.99. The highest BCUT2D eigenvalue weighted by molar-refractivity contribution is 7.92. The molecule has 1 aliphatic carbocycles. The Bertz CT molecular complexity index is 1550. The highest BCUT2D eigenvalue weighted by atomic mass is 35.5. The van der Waals surface area contributed by atoms with Gasteiger partial charge in [0.2, 0.25) is 21.8 Å². The van der Waals surface area contributed by atoms with Crippen LogP contribution in [0.2, 0.25) is 20.1 Å². The molecule has 1 aliphatic rings. The Morgan fingerprint density at radius 2 is 1.56 bits per heavy atom. The number of hydrogen-bond donors (Lipinski definition) is 1. The molecule has 0 spiro atoms. The average molecular weight is 686 g/mol. The van der Waals surface area contributed by atoms with Gasteiger partial charge in [0.1, 0.15) is 12.6 Å². The van der Waals surface area contributed by atoms with E-state index in [1.165, 1.54) is 17.0 Å². The predicted molar refractivity (Wildman–Crippen MR) is 175 cm³/mol. The third kappa shape index (κ3) is 9.02. The van der Waals surface area contributed by atoms with Gasteiger partial charge in [0, 0.05) is 19.0 Å². The second-order valence-corrected chi connectivity index (χ2v) is 14.2. The van der Waals surface area contributed by atoms with E-state index in [2.05, 4.69) is 5.32 Å². The van der Waals surface area contributed by atoms with E-state index >= 15 is 0 Å². The zero-order valence-corrected chi connectivity index (χ0v) is 27.5. The first-order chi connectivity index (χ1) is 20.4. The van der Waals surface area contributed by atoms with Crippen LogP contribution in [0.15, 0.2) is 66.7 Å². The van der Waals surface area contributed by atoms with Crippen LogP contribution in [0, 0.1) is 0 Å². The summed E-state index contributed by atoms with van der Waals surface area (Å²) in [6.45, 7) is -0.631. The summed E-state index contributed by atoms with van der Waals surface area (Å²) >= 11 is 25.0. The summed E-state index contributed by atoms with van der Waals surface area (Å²) in [4.78, 5) is 29.7. The smallest absolute Gasteiger partial charge is 0.244 e. The normalized spacial score (nSPS) is 14.6. The summed E-state index contributed by atoms with van der Waals surface area (Å²) in [6.07, 6.45) is 6.07. The van der Waals surface area contributed by atoms with Gasteiger partial charge in [-0.2, -0.15) is 0 Å². The van der Waals surface area contributed by atoms with Crippen molar-refractivity contribution in [1.29, 1.82) is 0 Å². The first-order valence-corrected chi connectivity index (χ1v) is 17.3. The van der Waals surface area contributed by atoms with Crippen molar-refractivity contribution in [2.24, 2.45) is 0 Å². The molecule has 3 aromatic carbocycles. The number of anilines is 1. The summed E-state index contributed by atoms with van der Waals surface area (Å²) < 4.78 is 26.9.